The molecule has 0 aliphatic heterocycles. The Morgan fingerprint density at radius 2 is 0.662 bits per heavy atom. The van der Waals surface area contributed by atoms with Crippen LogP contribution in [0.3, 0.4) is 0 Å². The van der Waals surface area contributed by atoms with E-state index in [0.29, 0.717) is 6.42 Å². The number of hydrogen-bond acceptors (Lipinski definition) is 8. The van der Waals surface area contributed by atoms with Crippen LogP contribution >= 0.6 is 7.82 Å². The fourth-order valence-corrected chi connectivity index (χ4v) is 10.5. The van der Waals surface area contributed by atoms with Crippen molar-refractivity contribution in [3.63, 3.8) is 0 Å². The molecule has 0 fully saturated rings. The molecule has 0 aliphatic rings. The lowest BCUT2D eigenvalue weighted by atomic mass is 10.0. The average molecular weight is 1070 g/mol. The summed E-state index contributed by atoms with van der Waals surface area (Å²) < 4.78 is 33.1. The van der Waals surface area contributed by atoms with Gasteiger partial charge in [-0.25, -0.2) is 4.57 Å². The largest absolute Gasteiger partial charge is 0.472 e. The Balaban J connectivity index is 3.80. The third-order valence-corrected chi connectivity index (χ3v) is 15.5. The molecule has 0 rings (SSSR count). The summed E-state index contributed by atoms with van der Waals surface area (Å²) in [5, 5.41) is 0. The van der Waals surface area contributed by atoms with Gasteiger partial charge < -0.3 is 20.1 Å². The van der Waals surface area contributed by atoms with E-state index in [0.717, 1.165) is 32.1 Å². The van der Waals surface area contributed by atoms with Crippen LogP contribution in [0, 0.1) is 0 Å². The van der Waals surface area contributed by atoms with Crippen molar-refractivity contribution < 1.29 is 37.6 Å². The Hall–Kier alpha value is -1.51. The lowest BCUT2D eigenvalue weighted by Crippen LogP contribution is -2.29. The van der Waals surface area contributed by atoms with E-state index in [1.165, 1.54) is 276 Å². The molecule has 0 radical (unpaired) electrons. The number of allylic oxidation sites excluding steroid dienone is 4. The molecule has 0 saturated carbocycles. The molecule has 3 N–H and O–H groups in total. The molecule has 0 amide bonds. The van der Waals surface area contributed by atoms with Gasteiger partial charge in [-0.2, -0.15) is 0 Å². The Labute approximate surface area is 459 Å². The molecule has 10 heteroatoms. The van der Waals surface area contributed by atoms with E-state index in [4.69, 9.17) is 24.3 Å². The summed E-state index contributed by atoms with van der Waals surface area (Å²) in [6.45, 7) is 3.80. The summed E-state index contributed by atoms with van der Waals surface area (Å²) in [7, 11) is -4.39. The number of phosphoric ester groups is 1. The van der Waals surface area contributed by atoms with Gasteiger partial charge >= 0.3 is 19.8 Å². The Bertz CT molecular complexity index is 1260. The molecular weight excluding hydrogens is 942 g/mol. The van der Waals surface area contributed by atoms with E-state index >= 15 is 0 Å². The molecule has 2 atom stereocenters. The number of hydrogen-bond donors (Lipinski definition) is 2. The number of rotatable bonds is 62. The number of carbonyl (C=O) groups is 2. The smallest absolute Gasteiger partial charge is 0.462 e. The average Bonchev–Trinajstić information content (AvgIpc) is 3.39. The van der Waals surface area contributed by atoms with E-state index in [1.807, 2.05) is 0 Å². The monoisotopic (exact) mass is 1070 g/mol. The van der Waals surface area contributed by atoms with Crippen LogP contribution in [0.4, 0.5) is 0 Å². The molecule has 0 saturated heterocycles. The molecule has 438 valence electrons. The highest BCUT2D eigenvalue weighted by Crippen LogP contribution is 2.43. The Morgan fingerprint density at radius 1 is 0.392 bits per heavy atom. The highest BCUT2D eigenvalue weighted by atomic mass is 31.2. The third-order valence-electron chi connectivity index (χ3n) is 14.6. The fraction of sp³-hybridized carbons (Fsp3) is 0.906. The van der Waals surface area contributed by atoms with Gasteiger partial charge in [0.2, 0.25) is 0 Å². The maximum atomic E-state index is 12.7. The van der Waals surface area contributed by atoms with Crippen LogP contribution in [-0.2, 0) is 32.7 Å². The lowest BCUT2D eigenvalue weighted by Gasteiger charge is -2.19. The molecule has 74 heavy (non-hydrogen) atoms. The van der Waals surface area contributed by atoms with Crippen molar-refractivity contribution >= 4 is 19.8 Å². The molecule has 0 aromatic heterocycles. The van der Waals surface area contributed by atoms with Crippen LogP contribution in [0.5, 0.6) is 0 Å². The van der Waals surface area contributed by atoms with E-state index in [2.05, 4.69) is 38.2 Å². The zero-order valence-electron chi connectivity index (χ0n) is 49.1. The van der Waals surface area contributed by atoms with Crippen molar-refractivity contribution in [2.45, 2.75) is 347 Å². The zero-order chi connectivity index (χ0) is 53.8. The van der Waals surface area contributed by atoms with Gasteiger partial charge in [-0.3, -0.25) is 18.6 Å². The fourth-order valence-electron chi connectivity index (χ4n) is 9.75. The third kappa shape index (κ3) is 59.7. The van der Waals surface area contributed by atoms with E-state index in [-0.39, 0.29) is 38.6 Å². The Kier molecular flexibility index (Phi) is 59.5. The first-order chi connectivity index (χ1) is 36.3. The molecule has 9 nitrogen and oxygen atoms in total. The summed E-state index contributed by atoms with van der Waals surface area (Å²) in [6, 6.07) is 0. The van der Waals surface area contributed by atoms with Gasteiger partial charge in [0.15, 0.2) is 6.10 Å². The molecule has 0 spiro atoms. The van der Waals surface area contributed by atoms with Crippen molar-refractivity contribution in [1.29, 1.82) is 0 Å². The summed E-state index contributed by atoms with van der Waals surface area (Å²) in [5.41, 5.74) is 5.39. The first-order valence-electron chi connectivity index (χ1n) is 32.3. The van der Waals surface area contributed by atoms with Crippen molar-refractivity contribution in [2.75, 3.05) is 26.4 Å². The van der Waals surface area contributed by atoms with E-state index in [1.54, 1.807) is 0 Å². The van der Waals surface area contributed by atoms with Gasteiger partial charge in [-0.1, -0.05) is 289 Å². The maximum absolute atomic E-state index is 12.7. The number of carbonyl (C=O) groups excluding carboxylic acids is 2. The molecule has 0 aromatic carbocycles. The molecule has 0 aliphatic carbocycles. The highest BCUT2D eigenvalue weighted by Gasteiger charge is 2.26. The summed E-state index contributed by atoms with van der Waals surface area (Å²) in [6.07, 6.45) is 72.7. The lowest BCUT2D eigenvalue weighted by molar-refractivity contribution is -0.161. The SMILES string of the molecule is CCCCCCCCC/C=C\CCCCCCCCCC(=O)OCC(COP(=O)(O)OCCN)OC(=O)CCCCCCCCCCCCCCCCCCCCCCCCC/C=C\CCCCCCCCCC. The van der Waals surface area contributed by atoms with Crippen LogP contribution in [0.15, 0.2) is 24.3 Å². The first-order valence-corrected chi connectivity index (χ1v) is 33.8. The van der Waals surface area contributed by atoms with Crippen molar-refractivity contribution in [1.82, 2.24) is 0 Å². The van der Waals surface area contributed by atoms with Gasteiger partial charge in [0.25, 0.3) is 0 Å². The molecule has 0 bridgehead atoms. The highest BCUT2D eigenvalue weighted by molar-refractivity contribution is 7.47. The van der Waals surface area contributed by atoms with Crippen LogP contribution in [-0.4, -0.2) is 49.3 Å². The number of unbranched alkanes of at least 4 members (excludes halogenated alkanes) is 45. The van der Waals surface area contributed by atoms with E-state index < -0.39 is 26.5 Å². The van der Waals surface area contributed by atoms with Crippen LogP contribution in [0.25, 0.3) is 0 Å². The maximum Gasteiger partial charge on any atom is 0.472 e. The second kappa shape index (κ2) is 60.7. The van der Waals surface area contributed by atoms with Crippen LogP contribution in [0.1, 0.15) is 341 Å². The second-order valence-electron chi connectivity index (χ2n) is 22.0. The minimum Gasteiger partial charge on any atom is -0.462 e. The number of phosphoric acid groups is 1. The predicted octanol–water partition coefficient (Wildman–Crippen LogP) is 20.6. The number of esters is 2. The first kappa shape index (κ1) is 72.5. The summed E-state index contributed by atoms with van der Waals surface area (Å²) in [4.78, 5) is 35.2. The second-order valence-corrected chi connectivity index (χ2v) is 23.4. The molecular formula is C64H124NO8P. The topological polar surface area (TPSA) is 134 Å². The predicted molar refractivity (Wildman–Crippen MR) is 317 cm³/mol. The van der Waals surface area contributed by atoms with E-state index in [9.17, 15) is 19.0 Å². The minimum absolute atomic E-state index is 0.0555. The number of ether oxygens (including phenoxy) is 2. The normalized spacial score (nSPS) is 13.1. The number of nitrogens with two attached hydrogens (primary N) is 1. The van der Waals surface area contributed by atoms with Crippen LogP contribution < -0.4 is 5.73 Å². The quantitative estimate of drug-likeness (QED) is 0.0264. The zero-order valence-corrected chi connectivity index (χ0v) is 50.0. The van der Waals surface area contributed by atoms with Crippen molar-refractivity contribution in [2.24, 2.45) is 5.73 Å². The molecule has 0 aromatic rings. The van der Waals surface area contributed by atoms with Crippen molar-refractivity contribution in [3.05, 3.63) is 24.3 Å². The van der Waals surface area contributed by atoms with Gasteiger partial charge in [0.05, 0.1) is 13.2 Å². The van der Waals surface area contributed by atoms with Gasteiger partial charge in [0, 0.05) is 19.4 Å². The molecule has 2 unspecified atom stereocenters. The van der Waals surface area contributed by atoms with Gasteiger partial charge in [0.1, 0.15) is 6.61 Å². The summed E-state index contributed by atoms with van der Waals surface area (Å²) >= 11 is 0. The van der Waals surface area contributed by atoms with Gasteiger partial charge in [-0.15, -0.1) is 0 Å². The standard InChI is InChI=1S/C64H124NO8P/c1-3-5-7-9-11-13-15-17-19-21-23-24-25-26-27-28-29-30-31-32-33-34-35-36-37-38-39-41-43-45-47-49-51-53-55-57-64(67)73-62(61-72-74(68,69)71-59-58-65)60-70-63(66)56-54-52-50-48-46-44-42-40-22-20-18-16-14-12-10-8-6-4-2/h20-23,62H,3-19,24-61,65H2,1-2H3,(H,68,69)/b22-20-,23-21-. The van der Waals surface area contributed by atoms with Gasteiger partial charge in [-0.05, 0) is 64.2 Å². The Morgan fingerprint density at radius 3 is 0.959 bits per heavy atom. The minimum atomic E-state index is -4.39. The van der Waals surface area contributed by atoms with Crippen LogP contribution in [0.2, 0.25) is 0 Å². The summed E-state index contributed by atoms with van der Waals surface area (Å²) in [5.74, 6) is -0.814. The van der Waals surface area contributed by atoms with Crippen molar-refractivity contribution in [3.8, 4) is 0 Å². The molecule has 0 heterocycles.